The SMILES string of the molecule is CCCNC(=O)c1ccccc1NC(=O)CSCc1nc2ccccc2s1. The highest BCUT2D eigenvalue weighted by atomic mass is 32.2. The van der Waals surface area contributed by atoms with Gasteiger partial charge in [0.1, 0.15) is 5.01 Å². The molecule has 7 heteroatoms. The zero-order valence-corrected chi connectivity index (χ0v) is 16.7. The lowest BCUT2D eigenvalue weighted by Gasteiger charge is -2.11. The summed E-state index contributed by atoms with van der Waals surface area (Å²) in [5.74, 6) is 0.693. The molecule has 0 fully saturated rings. The van der Waals surface area contributed by atoms with E-state index in [9.17, 15) is 9.59 Å². The predicted molar refractivity (Wildman–Crippen MR) is 113 cm³/mol. The Morgan fingerprint density at radius 3 is 2.70 bits per heavy atom. The lowest BCUT2D eigenvalue weighted by molar-refractivity contribution is -0.113. The fourth-order valence-corrected chi connectivity index (χ4v) is 4.37. The van der Waals surface area contributed by atoms with Crippen molar-refractivity contribution in [2.75, 3.05) is 17.6 Å². The van der Waals surface area contributed by atoms with Crippen molar-refractivity contribution in [1.82, 2.24) is 10.3 Å². The Kier molecular flexibility index (Phi) is 6.84. The van der Waals surface area contributed by atoms with Gasteiger partial charge in [-0.15, -0.1) is 23.1 Å². The van der Waals surface area contributed by atoms with Crippen LogP contribution < -0.4 is 10.6 Å². The molecule has 27 heavy (non-hydrogen) atoms. The van der Waals surface area contributed by atoms with Gasteiger partial charge in [-0.25, -0.2) is 4.98 Å². The molecule has 0 unspecified atom stereocenters. The molecule has 1 heterocycles. The second-order valence-corrected chi connectivity index (χ2v) is 8.02. The number of hydrogen-bond donors (Lipinski definition) is 2. The molecule has 0 saturated carbocycles. The maximum atomic E-state index is 12.3. The van der Waals surface area contributed by atoms with Crippen LogP contribution in [0.4, 0.5) is 5.69 Å². The van der Waals surface area contributed by atoms with Crippen LogP contribution in [0.1, 0.15) is 28.7 Å². The number of benzene rings is 2. The zero-order valence-electron chi connectivity index (χ0n) is 15.0. The summed E-state index contributed by atoms with van der Waals surface area (Å²) in [7, 11) is 0. The number of anilines is 1. The van der Waals surface area contributed by atoms with E-state index < -0.39 is 0 Å². The first-order valence-corrected chi connectivity index (χ1v) is 10.7. The van der Waals surface area contributed by atoms with Crippen LogP contribution in [-0.4, -0.2) is 29.1 Å². The molecule has 3 rings (SSSR count). The van der Waals surface area contributed by atoms with E-state index in [2.05, 4.69) is 15.6 Å². The van der Waals surface area contributed by atoms with Gasteiger partial charge in [0, 0.05) is 12.3 Å². The van der Waals surface area contributed by atoms with Crippen molar-refractivity contribution < 1.29 is 9.59 Å². The number of fused-ring (bicyclic) bond motifs is 1. The maximum Gasteiger partial charge on any atom is 0.253 e. The van der Waals surface area contributed by atoms with E-state index in [-0.39, 0.29) is 11.8 Å². The molecule has 140 valence electrons. The minimum absolute atomic E-state index is 0.128. The predicted octanol–water partition coefficient (Wildman–Crippen LogP) is 4.31. The molecule has 0 atom stereocenters. The van der Waals surface area contributed by atoms with Gasteiger partial charge in [0.25, 0.3) is 5.91 Å². The monoisotopic (exact) mass is 399 g/mol. The first kappa shape index (κ1) is 19.4. The average molecular weight is 400 g/mol. The largest absolute Gasteiger partial charge is 0.352 e. The number of hydrogen-bond acceptors (Lipinski definition) is 5. The van der Waals surface area contributed by atoms with Gasteiger partial charge in [0.15, 0.2) is 0 Å². The smallest absolute Gasteiger partial charge is 0.253 e. The molecule has 2 aromatic carbocycles. The summed E-state index contributed by atoms with van der Waals surface area (Å²) in [6.07, 6.45) is 0.864. The standard InChI is InChI=1S/C20H21N3O2S2/c1-2-11-21-20(25)14-7-3-4-8-15(14)22-18(24)12-26-13-19-23-16-9-5-6-10-17(16)27-19/h3-10H,2,11-13H2,1H3,(H,21,25)(H,22,24). The van der Waals surface area contributed by atoms with Crippen molar-refractivity contribution in [1.29, 1.82) is 0 Å². The third-order valence-corrected chi connectivity index (χ3v) is 5.94. The van der Waals surface area contributed by atoms with Gasteiger partial charge in [-0.05, 0) is 30.7 Å². The maximum absolute atomic E-state index is 12.3. The molecule has 0 spiro atoms. The highest BCUT2D eigenvalue weighted by Crippen LogP contribution is 2.25. The Morgan fingerprint density at radius 2 is 1.89 bits per heavy atom. The number of thiazole rings is 1. The Hall–Kier alpha value is -2.38. The molecule has 2 amide bonds. The number of carbonyl (C=O) groups excluding carboxylic acids is 2. The van der Waals surface area contributed by atoms with Crippen molar-refractivity contribution in [3.8, 4) is 0 Å². The molecule has 0 saturated heterocycles. The minimum atomic E-state index is -0.171. The quantitative estimate of drug-likeness (QED) is 0.592. The zero-order chi connectivity index (χ0) is 19.1. The Bertz CT molecular complexity index is 907. The van der Waals surface area contributed by atoms with Crippen LogP contribution in [0.25, 0.3) is 10.2 Å². The van der Waals surface area contributed by atoms with Crippen LogP contribution in [0.5, 0.6) is 0 Å². The van der Waals surface area contributed by atoms with Crippen molar-refractivity contribution in [3.05, 3.63) is 59.1 Å². The summed E-state index contributed by atoms with van der Waals surface area (Å²) in [4.78, 5) is 29.1. The molecular weight excluding hydrogens is 378 g/mol. The van der Waals surface area contributed by atoms with Gasteiger partial charge in [0.05, 0.1) is 27.2 Å². The highest BCUT2D eigenvalue weighted by Gasteiger charge is 2.13. The molecule has 5 nitrogen and oxygen atoms in total. The van der Waals surface area contributed by atoms with Crippen LogP contribution in [0, 0.1) is 0 Å². The first-order chi connectivity index (χ1) is 13.2. The van der Waals surface area contributed by atoms with Crippen molar-refractivity contribution >= 4 is 50.8 Å². The molecule has 0 radical (unpaired) electrons. The van der Waals surface area contributed by atoms with Gasteiger partial charge < -0.3 is 10.6 Å². The fraction of sp³-hybridized carbons (Fsp3) is 0.250. The van der Waals surface area contributed by atoms with Crippen molar-refractivity contribution in [3.63, 3.8) is 0 Å². The number of amides is 2. The van der Waals surface area contributed by atoms with Gasteiger partial charge >= 0.3 is 0 Å². The topological polar surface area (TPSA) is 71.1 Å². The molecule has 1 aromatic heterocycles. The number of para-hydroxylation sites is 2. The van der Waals surface area contributed by atoms with Crippen molar-refractivity contribution in [2.24, 2.45) is 0 Å². The normalized spacial score (nSPS) is 10.7. The third-order valence-electron chi connectivity index (χ3n) is 3.78. The first-order valence-electron chi connectivity index (χ1n) is 8.76. The average Bonchev–Trinajstić information content (AvgIpc) is 3.09. The summed E-state index contributed by atoms with van der Waals surface area (Å²) in [5, 5.41) is 6.69. The lowest BCUT2D eigenvalue weighted by Crippen LogP contribution is -2.26. The van der Waals surface area contributed by atoms with Crippen LogP contribution in [0.15, 0.2) is 48.5 Å². The van der Waals surface area contributed by atoms with Crippen LogP contribution in [-0.2, 0) is 10.5 Å². The van der Waals surface area contributed by atoms with Crippen LogP contribution in [0.2, 0.25) is 0 Å². The van der Waals surface area contributed by atoms with Crippen molar-refractivity contribution in [2.45, 2.75) is 19.1 Å². The Morgan fingerprint density at radius 1 is 1.11 bits per heavy atom. The number of thioether (sulfide) groups is 1. The summed E-state index contributed by atoms with van der Waals surface area (Å²) in [6.45, 7) is 2.61. The number of aromatic nitrogens is 1. The molecule has 0 aliphatic rings. The van der Waals surface area contributed by atoms with E-state index in [1.807, 2.05) is 31.2 Å². The second-order valence-electron chi connectivity index (χ2n) is 5.92. The molecule has 0 bridgehead atoms. The second kappa shape index (κ2) is 9.53. The summed E-state index contributed by atoms with van der Waals surface area (Å²) in [5.41, 5.74) is 2.02. The minimum Gasteiger partial charge on any atom is -0.352 e. The van der Waals surface area contributed by atoms with E-state index in [0.29, 0.717) is 29.3 Å². The molecule has 0 aliphatic carbocycles. The van der Waals surface area contributed by atoms with E-state index in [0.717, 1.165) is 21.6 Å². The summed E-state index contributed by atoms with van der Waals surface area (Å²) in [6, 6.07) is 15.1. The number of rotatable bonds is 8. The number of nitrogens with one attached hydrogen (secondary N) is 2. The van der Waals surface area contributed by atoms with Gasteiger partial charge in [-0.3, -0.25) is 9.59 Å². The number of nitrogens with zero attached hydrogens (tertiary/aromatic N) is 1. The van der Waals surface area contributed by atoms with E-state index >= 15 is 0 Å². The van der Waals surface area contributed by atoms with E-state index in [4.69, 9.17) is 0 Å². The van der Waals surface area contributed by atoms with Gasteiger partial charge in [-0.1, -0.05) is 31.2 Å². The lowest BCUT2D eigenvalue weighted by atomic mass is 10.1. The summed E-state index contributed by atoms with van der Waals surface area (Å²) >= 11 is 3.16. The molecular formula is C20H21N3O2S2. The van der Waals surface area contributed by atoms with Crippen LogP contribution >= 0.6 is 23.1 Å². The van der Waals surface area contributed by atoms with Crippen LogP contribution in [0.3, 0.4) is 0 Å². The van der Waals surface area contributed by atoms with E-state index in [1.165, 1.54) is 11.8 Å². The summed E-state index contributed by atoms with van der Waals surface area (Å²) < 4.78 is 1.16. The van der Waals surface area contributed by atoms with E-state index in [1.54, 1.807) is 35.6 Å². The number of carbonyl (C=O) groups is 2. The Labute approximate surface area is 166 Å². The van der Waals surface area contributed by atoms with Gasteiger partial charge in [-0.2, -0.15) is 0 Å². The fourth-order valence-electron chi connectivity index (χ4n) is 2.52. The Balaban J connectivity index is 1.54. The third kappa shape index (κ3) is 5.30. The molecule has 3 aromatic rings. The molecule has 2 N–H and O–H groups in total. The highest BCUT2D eigenvalue weighted by molar-refractivity contribution is 7.99. The molecule has 0 aliphatic heterocycles. The van der Waals surface area contributed by atoms with Gasteiger partial charge in [0.2, 0.25) is 5.91 Å².